The van der Waals surface area contributed by atoms with E-state index >= 15 is 0 Å². The Morgan fingerprint density at radius 3 is 2.50 bits per heavy atom. The van der Waals surface area contributed by atoms with E-state index < -0.39 is 0 Å². The predicted molar refractivity (Wildman–Crippen MR) is 58.2 cm³/mol. The quantitative estimate of drug-likeness (QED) is 0.780. The number of anilines is 1. The first-order valence-corrected chi connectivity index (χ1v) is 4.58. The topological polar surface area (TPSA) is 29.9 Å². The zero-order valence-corrected chi connectivity index (χ0v) is 8.36. The van der Waals surface area contributed by atoms with Crippen molar-refractivity contribution < 1.29 is 0 Å². The molecule has 3 nitrogen and oxygen atoms in total. The number of rotatable bonds is 2. The summed E-state index contributed by atoms with van der Waals surface area (Å²) in [4.78, 5) is 4.45. The van der Waals surface area contributed by atoms with E-state index in [0.717, 1.165) is 17.2 Å². The monoisotopic (exact) mass is 187 g/mol. The Kier molecular flexibility index (Phi) is 2.23. The number of aromatic nitrogens is 2. The average molecular weight is 187 g/mol. The highest BCUT2D eigenvalue weighted by Gasteiger charge is 2.05. The zero-order valence-electron chi connectivity index (χ0n) is 8.36. The van der Waals surface area contributed by atoms with Crippen molar-refractivity contribution in [2.24, 2.45) is 7.05 Å². The summed E-state index contributed by atoms with van der Waals surface area (Å²) in [6.45, 7) is 0. The van der Waals surface area contributed by atoms with Crippen LogP contribution in [-0.4, -0.2) is 16.6 Å². The third-order valence-electron chi connectivity index (χ3n) is 2.16. The lowest BCUT2D eigenvalue weighted by atomic mass is 10.2. The van der Waals surface area contributed by atoms with Crippen molar-refractivity contribution in [3.63, 3.8) is 0 Å². The smallest absolute Gasteiger partial charge is 0.144 e. The summed E-state index contributed by atoms with van der Waals surface area (Å²) < 4.78 is 2.02. The van der Waals surface area contributed by atoms with Gasteiger partial charge in [-0.25, -0.2) is 4.98 Å². The van der Waals surface area contributed by atoms with Crippen molar-refractivity contribution in [2.75, 3.05) is 12.4 Å². The molecule has 0 amide bonds. The maximum atomic E-state index is 4.45. The van der Waals surface area contributed by atoms with E-state index in [4.69, 9.17) is 0 Å². The molecule has 2 rings (SSSR count). The minimum Gasteiger partial charge on any atom is -0.372 e. The van der Waals surface area contributed by atoms with E-state index in [2.05, 4.69) is 22.4 Å². The van der Waals surface area contributed by atoms with Gasteiger partial charge in [-0.15, -0.1) is 0 Å². The Balaban J connectivity index is 2.46. The molecular formula is C11H13N3. The van der Waals surface area contributed by atoms with Gasteiger partial charge in [-0.2, -0.15) is 0 Å². The van der Waals surface area contributed by atoms with Crippen molar-refractivity contribution in [2.45, 2.75) is 0 Å². The van der Waals surface area contributed by atoms with E-state index in [9.17, 15) is 0 Å². The van der Waals surface area contributed by atoms with Gasteiger partial charge in [0.1, 0.15) is 11.6 Å². The van der Waals surface area contributed by atoms with Crippen LogP contribution in [0.5, 0.6) is 0 Å². The van der Waals surface area contributed by atoms with Gasteiger partial charge in [0.25, 0.3) is 0 Å². The molecule has 3 heteroatoms. The molecule has 0 bridgehead atoms. The van der Waals surface area contributed by atoms with E-state index in [1.165, 1.54) is 0 Å². The largest absolute Gasteiger partial charge is 0.372 e. The van der Waals surface area contributed by atoms with Gasteiger partial charge in [0.05, 0.1) is 0 Å². The highest BCUT2D eigenvalue weighted by atomic mass is 15.1. The van der Waals surface area contributed by atoms with Crippen molar-refractivity contribution in [1.29, 1.82) is 0 Å². The van der Waals surface area contributed by atoms with Crippen molar-refractivity contribution in [1.82, 2.24) is 9.55 Å². The third kappa shape index (κ3) is 1.48. The highest BCUT2D eigenvalue weighted by Crippen LogP contribution is 2.18. The fourth-order valence-corrected chi connectivity index (χ4v) is 1.44. The second-order valence-electron chi connectivity index (χ2n) is 3.18. The number of nitrogens with zero attached hydrogens (tertiary/aromatic N) is 2. The van der Waals surface area contributed by atoms with Crippen LogP contribution >= 0.6 is 0 Å². The third-order valence-corrected chi connectivity index (χ3v) is 2.16. The summed E-state index contributed by atoms with van der Waals surface area (Å²) in [5.41, 5.74) is 1.14. The van der Waals surface area contributed by atoms with E-state index in [1.807, 2.05) is 43.1 Å². The molecule has 1 aromatic heterocycles. The molecule has 0 spiro atoms. The minimum atomic E-state index is 0.895. The van der Waals surface area contributed by atoms with Gasteiger partial charge in [0.2, 0.25) is 0 Å². The molecule has 0 atom stereocenters. The molecule has 1 heterocycles. The lowest BCUT2D eigenvalue weighted by Crippen LogP contribution is -1.90. The van der Waals surface area contributed by atoms with Crippen molar-refractivity contribution in [3.05, 3.63) is 36.5 Å². The molecule has 0 unspecified atom stereocenters. The molecule has 0 aliphatic rings. The van der Waals surface area contributed by atoms with Gasteiger partial charge in [0, 0.05) is 25.9 Å². The first kappa shape index (κ1) is 8.81. The summed E-state index contributed by atoms with van der Waals surface area (Å²) in [5.74, 6) is 1.88. The standard InChI is InChI=1S/C11H13N3/c1-12-10-8-14(2)11(13-10)9-6-4-3-5-7-9/h3-8,12H,1-2H3. The number of hydrogen-bond donors (Lipinski definition) is 1. The Hall–Kier alpha value is -1.77. The van der Waals surface area contributed by atoms with Crippen LogP contribution in [0.3, 0.4) is 0 Å². The molecule has 1 N–H and O–H groups in total. The molecule has 0 fully saturated rings. The number of hydrogen-bond acceptors (Lipinski definition) is 2. The molecule has 0 aliphatic heterocycles. The number of imidazole rings is 1. The molecule has 14 heavy (non-hydrogen) atoms. The van der Waals surface area contributed by atoms with Crippen LogP contribution in [0.1, 0.15) is 0 Å². The van der Waals surface area contributed by atoms with Crippen LogP contribution < -0.4 is 5.32 Å². The Morgan fingerprint density at radius 1 is 1.21 bits per heavy atom. The molecule has 1 aromatic carbocycles. The summed E-state index contributed by atoms with van der Waals surface area (Å²) in [6, 6.07) is 10.2. The molecular weight excluding hydrogens is 174 g/mol. The first-order chi connectivity index (χ1) is 6.81. The van der Waals surface area contributed by atoms with Gasteiger partial charge in [-0.1, -0.05) is 30.3 Å². The fourth-order valence-electron chi connectivity index (χ4n) is 1.44. The molecule has 0 saturated carbocycles. The van der Waals surface area contributed by atoms with E-state index in [0.29, 0.717) is 0 Å². The second kappa shape index (κ2) is 3.54. The Labute approximate surface area is 83.4 Å². The normalized spacial score (nSPS) is 10.1. The van der Waals surface area contributed by atoms with E-state index in [-0.39, 0.29) is 0 Å². The van der Waals surface area contributed by atoms with Crippen molar-refractivity contribution >= 4 is 5.82 Å². The first-order valence-electron chi connectivity index (χ1n) is 4.58. The summed E-state index contributed by atoms with van der Waals surface area (Å²) in [6.07, 6.45) is 1.97. The summed E-state index contributed by atoms with van der Waals surface area (Å²) >= 11 is 0. The lowest BCUT2D eigenvalue weighted by Gasteiger charge is -1.99. The molecule has 0 aliphatic carbocycles. The molecule has 0 saturated heterocycles. The Bertz CT molecular complexity index is 417. The average Bonchev–Trinajstić information content (AvgIpc) is 2.61. The highest BCUT2D eigenvalue weighted by molar-refractivity contribution is 5.58. The number of benzene rings is 1. The molecule has 2 aromatic rings. The number of nitrogens with one attached hydrogen (secondary N) is 1. The van der Waals surface area contributed by atoms with Crippen LogP contribution in [0.15, 0.2) is 36.5 Å². The van der Waals surface area contributed by atoms with Gasteiger partial charge in [0.15, 0.2) is 0 Å². The maximum absolute atomic E-state index is 4.45. The summed E-state index contributed by atoms with van der Waals surface area (Å²) in [5, 5.41) is 3.03. The maximum Gasteiger partial charge on any atom is 0.144 e. The number of aryl methyl sites for hydroxylation is 1. The SMILES string of the molecule is CNc1cn(C)c(-c2ccccc2)n1. The Morgan fingerprint density at radius 2 is 1.93 bits per heavy atom. The van der Waals surface area contributed by atoms with Gasteiger partial charge < -0.3 is 9.88 Å². The predicted octanol–water partition coefficient (Wildman–Crippen LogP) is 2.13. The van der Waals surface area contributed by atoms with Gasteiger partial charge in [-0.05, 0) is 0 Å². The van der Waals surface area contributed by atoms with Crippen LogP contribution in [0, 0.1) is 0 Å². The van der Waals surface area contributed by atoms with Crippen LogP contribution in [0.4, 0.5) is 5.82 Å². The zero-order chi connectivity index (χ0) is 9.97. The van der Waals surface area contributed by atoms with Crippen molar-refractivity contribution in [3.8, 4) is 11.4 Å². The van der Waals surface area contributed by atoms with E-state index in [1.54, 1.807) is 0 Å². The molecule has 0 radical (unpaired) electrons. The fraction of sp³-hybridized carbons (Fsp3) is 0.182. The molecule has 72 valence electrons. The van der Waals surface area contributed by atoms with Crippen LogP contribution in [0.2, 0.25) is 0 Å². The lowest BCUT2D eigenvalue weighted by molar-refractivity contribution is 0.925. The van der Waals surface area contributed by atoms with Crippen LogP contribution in [0.25, 0.3) is 11.4 Å². The minimum absolute atomic E-state index is 0.895. The summed E-state index contributed by atoms with van der Waals surface area (Å²) in [7, 11) is 3.87. The van der Waals surface area contributed by atoms with Gasteiger partial charge >= 0.3 is 0 Å². The second-order valence-corrected chi connectivity index (χ2v) is 3.18. The van der Waals surface area contributed by atoms with Crippen LogP contribution in [-0.2, 0) is 7.05 Å². The van der Waals surface area contributed by atoms with Gasteiger partial charge in [-0.3, -0.25) is 0 Å².